The maximum Gasteiger partial charge on any atom is 0.257 e. The molecule has 0 saturated carbocycles. The van der Waals surface area contributed by atoms with Gasteiger partial charge in [-0.2, -0.15) is 5.10 Å². The van der Waals surface area contributed by atoms with Gasteiger partial charge in [-0.1, -0.05) is 42.0 Å². The fourth-order valence-corrected chi connectivity index (χ4v) is 3.79. The molecule has 0 bridgehead atoms. The van der Waals surface area contributed by atoms with E-state index in [0.29, 0.717) is 37.2 Å². The summed E-state index contributed by atoms with van der Waals surface area (Å²) in [4.78, 5) is 26.6. The average molecular weight is 388 g/mol. The lowest BCUT2D eigenvalue weighted by Gasteiger charge is -2.30. The Bertz CT molecular complexity index is 1030. The Balaban J connectivity index is 1.70. The summed E-state index contributed by atoms with van der Waals surface area (Å²) in [6.07, 6.45) is 3.01. The Morgan fingerprint density at radius 3 is 2.41 bits per heavy atom. The number of carbonyl (C=O) groups is 2. The van der Waals surface area contributed by atoms with Gasteiger partial charge in [-0.15, -0.1) is 0 Å². The zero-order valence-electron chi connectivity index (χ0n) is 16.4. The van der Waals surface area contributed by atoms with Crippen molar-refractivity contribution in [3.05, 3.63) is 71.9 Å². The van der Waals surface area contributed by atoms with Crippen molar-refractivity contribution in [1.82, 2.24) is 14.7 Å². The second-order valence-electron chi connectivity index (χ2n) is 7.51. The highest BCUT2D eigenvalue weighted by Gasteiger charge is 2.29. The summed E-state index contributed by atoms with van der Waals surface area (Å²) in [5.41, 5.74) is 9.58. The number of hydrogen-bond donors (Lipinski definition) is 1. The number of para-hydroxylation sites is 1. The molecule has 148 valence electrons. The summed E-state index contributed by atoms with van der Waals surface area (Å²) in [5.74, 6) is -0.497. The Labute approximate surface area is 169 Å². The van der Waals surface area contributed by atoms with E-state index in [2.05, 4.69) is 0 Å². The number of nitrogens with zero attached hydrogens (tertiary/aromatic N) is 3. The normalized spacial score (nSPS) is 14.7. The van der Waals surface area contributed by atoms with E-state index < -0.39 is 0 Å². The van der Waals surface area contributed by atoms with Crippen molar-refractivity contribution in [3.63, 3.8) is 0 Å². The molecule has 1 aliphatic rings. The van der Waals surface area contributed by atoms with Crippen LogP contribution in [0.5, 0.6) is 0 Å². The van der Waals surface area contributed by atoms with E-state index >= 15 is 0 Å². The van der Waals surface area contributed by atoms with Crippen molar-refractivity contribution in [1.29, 1.82) is 0 Å². The summed E-state index contributed by atoms with van der Waals surface area (Å²) < 4.78 is 1.75. The minimum atomic E-state index is -0.283. The smallest absolute Gasteiger partial charge is 0.257 e. The minimum absolute atomic E-state index is 0.0633. The van der Waals surface area contributed by atoms with Crippen LogP contribution in [-0.2, 0) is 4.79 Å². The van der Waals surface area contributed by atoms with Gasteiger partial charge in [0, 0.05) is 30.8 Å². The summed E-state index contributed by atoms with van der Waals surface area (Å²) in [6.45, 7) is 3.07. The highest BCUT2D eigenvalue weighted by atomic mass is 16.2. The maximum atomic E-state index is 13.4. The number of rotatable bonds is 4. The van der Waals surface area contributed by atoms with Crippen molar-refractivity contribution in [2.75, 3.05) is 13.1 Å². The van der Waals surface area contributed by atoms with E-state index in [4.69, 9.17) is 10.8 Å². The monoisotopic (exact) mass is 388 g/mol. The number of likely N-dealkylation sites (tertiary alicyclic amines) is 1. The van der Waals surface area contributed by atoms with E-state index in [1.165, 1.54) is 0 Å². The van der Waals surface area contributed by atoms with Gasteiger partial charge >= 0.3 is 0 Å². The fourth-order valence-electron chi connectivity index (χ4n) is 3.79. The van der Waals surface area contributed by atoms with E-state index in [1.54, 1.807) is 15.8 Å². The Kier molecular flexibility index (Phi) is 5.16. The van der Waals surface area contributed by atoms with Crippen LogP contribution in [0, 0.1) is 12.8 Å². The Morgan fingerprint density at radius 1 is 1.03 bits per heavy atom. The molecule has 1 fully saturated rings. The van der Waals surface area contributed by atoms with Gasteiger partial charge in [0.15, 0.2) is 0 Å². The van der Waals surface area contributed by atoms with Crippen molar-refractivity contribution in [3.8, 4) is 16.9 Å². The first-order valence-electron chi connectivity index (χ1n) is 9.83. The van der Waals surface area contributed by atoms with E-state index in [9.17, 15) is 9.59 Å². The zero-order valence-corrected chi connectivity index (χ0v) is 16.4. The van der Waals surface area contributed by atoms with Crippen molar-refractivity contribution in [2.45, 2.75) is 19.8 Å². The van der Waals surface area contributed by atoms with Crippen LogP contribution in [0.4, 0.5) is 0 Å². The van der Waals surface area contributed by atoms with Crippen LogP contribution in [0.1, 0.15) is 28.8 Å². The summed E-state index contributed by atoms with van der Waals surface area (Å²) in [6, 6.07) is 17.8. The lowest BCUT2D eigenvalue weighted by molar-refractivity contribution is -0.123. The van der Waals surface area contributed by atoms with E-state index in [0.717, 1.165) is 16.8 Å². The molecule has 6 heteroatoms. The van der Waals surface area contributed by atoms with Gasteiger partial charge in [0.25, 0.3) is 5.91 Å². The van der Waals surface area contributed by atoms with Gasteiger partial charge in [0.2, 0.25) is 5.91 Å². The Hall–Kier alpha value is -3.41. The van der Waals surface area contributed by atoms with Gasteiger partial charge in [-0.3, -0.25) is 9.59 Å². The number of primary amides is 1. The molecule has 3 aromatic rings. The SMILES string of the molecule is Cc1cccc(-c2nn(-c3ccccc3)cc2C(=O)N2CCC(C(N)=O)CC2)c1. The largest absolute Gasteiger partial charge is 0.369 e. The molecule has 0 spiro atoms. The second-order valence-corrected chi connectivity index (χ2v) is 7.51. The molecule has 1 saturated heterocycles. The molecule has 0 aliphatic carbocycles. The number of hydrogen-bond acceptors (Lipinski definition) is 3. The number of carbonyl (C=O) groups excluding carboxylic acids is 2. The number of aryl methyl sites for hydroxylation is 1. The van der Waals surface area contributed by atoms with Crippen molar-refractivity contribution in [2.24, 2.45) is 11.7 Å². The molecule has 4 rings (SSSR count). The molecule has 2 heterocycles. The number of piperidine rings is 1. The molecule has 0 radical (unpaired) electrons. The van der Waals surface area contributed by atoms with Crippen LogP contribution < -0.4 is 5.73 Å². The molecule has 1 aliphatic heterocycles. The maximum absolute atomic E-state index is 13.4. The van der Waals surface area contributed by atoms with Gasteiger partial charge < -0.3 is 10.6 Å². The third-order valence-electron chi connectivity index (χ3n) is 5.44. The van der Waals surface area contributed by atoms with Gasteiger partial charge in [0.1, 0.15) is 5.69 Å². The quantitative estimate of drug-likeness (QED) is 0.745. The van der Waals surface area contributed by atoms with Crippen LogP contribution in [0.25, 0.3) is 16.9 Å². The molecule has 1 aromatic heterocycles. The van der Waals surface area contributed by atoms with Crippen LogP contribution in [0.15, 0.2) is 60.8 Å². The lowest BCUT2D eigenvalue weighted by Crippen LogP contribution is -2.41. The predicted molar refractivity (Wildman–Crippen MR) is 112 cm³/mol. The molecule has 2 N–H and O–H groups in total. The summed E-state index contributed by atoms with van der Waals surface area (Å²) >= 11 is 0. The number of nitrogens with two attached hydrogens (primary N) is 1. The minimum Gasteiger partial charge on any atom is -0.369 e. The molecule has 2 amide bonds. The van der Waals surface area contributed by atoms with E-state index in [-0.39, 0.29) is 17.7 Å². The molecule has 6 nitrogen and oxygen atoms in total. The first-order chi connectivity index (χ1) is 14.0. The molecular weight excluding hydrogens is 364 g/mol. The van der Waals surface area contributed by atoms with Crippen LogP contribution in [0.2, 0.25) is 0 Å². The lowest BCUT2D eigenvalue weighted by atomic mass is 9.95. The standard InChI is InChI=1S/C23H24N4O2/c1-16-6-5-7-18(14-16)21-20(15-27(25-21)19-8-3-2-4-9-19)23(29)26-12-10-17(11-13-26)22(24)28/h2-9,14-15,17H,10-13H2,1H3,(H2,24,28). The zero-order chi connectivity index (χ0) is 20.4. The highest BCUT2D eigenvalue weighted by Crippen LogP contribution is 2.27. The number of aromatic nitrogens is 2. The number of benzene rings is 2. The van der Waals surface area contributed by atoms with Gasteiger partial charge in [-0.05, 0) is 38.0 Å². The first kappa shape index (κ1) is 18.9. The molecule has 0 unspecified atom stereocenters. The van der Waals surface area contributed by atoms with Crippen molar-refractivity contribution < 1.29 is 9.59 Å². The predicted octanol–water partition coefficient (Wildman–Crippen LogP) is 3.19. The Morgan fingerprint density at radius 2 is 1.76 bits per heavy atom. The van der Waals surface area contributed by atoms with Crippen molar-refractivity contribution >= 4 is 11.8 Å². The van der Waals surface area contributed by atoms with Crippen LogP contribution in [0.3, 0.4) is 0 Å². The molecule has 2 aromatic carbocycles. The average Bonchev–Trinajstić information content (AvgIpc) is 3.19. The molecule has 0 atom stereocenters. The summed E-state index contributed by atoms with van der Waals surface area (Å²) in [7, 11) is 0. The third kappa shape index (κ3) is 3.92. The molecule has 29 heavy (non-hydrogen) atoms. The van der Waals surface area contributed by atoms with Crippen LogP contribution in [-0.4, -0.2) is 39.6 Å². The highest BCUT2D eigenvalue weighted by molar-refractivity contribution is 6.00. The third-order valence-corrected chi connectivity index (χ3v) is 5.44. The number of amides is 2. The van der Waals surface area contributed by atoms with Crippen LogP contribution >= 0.6 is 0 Å². The topological polar surface area (TPSA) is 81.2 Å². The first-order valence-corrected chi connectivity index (χ1v) is 9.83. The van der Waals surface area contributed by atoms with Gasteiger partial charge in [0.05, 0.1) is 11.3 Å². The second kappa shape index (κ2) is 7.91. The summed E-state index contributed by atoms with van der Waals surface area (Å²) in [5, 5.41) is 4.75. The van der Waals surface area contributed by atoms with E-state index in [1.807, 2.05) is 61.5 Å². The van der Waals surface area contributed by atoms with Gasteiger partial charge in [-0.25, -0.2) is 4.68 Å². The molecular formula is C23H24N4O2. The fraction of sp³-hybridized carbons (Fsp3) is 0.261.